The molecule has 0 aliphatic rings. The van der Waals surface area contributed by atoms with Gasteiger partial charge in [-0.2, -0.15) is 0 Å². The Morgan fingerprint density at radius 2 is 1.88 bits per heavy atom. The van der Waals surface area contributed by atoms with Crippen molar-refractivity contribution in [3.63, 3.8) is 0 Å². The molecule has 1 aromatic carbocycles. The minimum atomic E-state index is 0.553. The van der Waals surface area contributed by atoms with E-state index in [1.54, 1.807) is 11.8 Å². The average molecular weight is 265 g/mol. The molecule has 0 radical (unpaired) electrons. The third-order valence-electron chi connectivity index (χ3n) is 2.44. The molecule has 1 aromatic heterocycles. The molecular formula is C13H13ClN2S. The van der Waals surface area contributed by atoms with Gasteiger partial charge < -0.3 is 0 Å². The number of rotatable bonds is 3. The van der Waals surface area contributed by atoms with Gasteiger partial charge in [0, 0.05) is 10.5 Å². The number of hydrogen-bond acceptors (Lipinski definition) is 3. The molecule has 1 heterocycles. The fourth-order valence-corrected chi connectivity index (χ4v) is 2.76. The summed E-state index contributed by atoms with van der Waals surface area (Å²) >= 11 is 7.68. The van der Waals surface area contributed by atoms with E-state index in [1.807, 2.05) is 0 Å². The summed E-state index contributed by atoms with van der Waals surface area (Å²) < 4.78 is 0. The van der Waals surface area contributed by atoms with Crippen molar-refractivity contribution in [2.24, 2.45) is 0 Å². The second-order valence-corrected chi connectivity index (χ2v) is 5.14. The molecule has 0 N–H and O–H groups in total. The number of aryl methyl sites for hydroxylation is 1. The van der Waals surface area contributed by atoms with Gasteiger partial charge in [-0.1, -0.05) is 48.0 Å². The Morgan fingerprint density at radius 3 is 2.53 bits per heavy atom. The minimum absolute atomic E-state index is 0.553. The van der Waals surface area contributed by atoms with Crippen LogP contribution in [0, 0.1) is 6.92 Å². The van der Waals surface area contributed by atoms with Crippen LogP contribution in [0.5, 0.6) is 0 Å². The SMILES string of the molecule is CCc1c(Cl)ncnc1Sc1ccc(C)cc1. The largest absolute Gasteiger partial charge is 0.229 e. The topological polar surface area (TPSA) is 25.8 Å². The first-order valence-electron chi connectivity index (χ1n) is 5.44. The summed E-state index contributed by atoms with van der Waals surface area (Å²) in [4.78, 5) is 9.47. The maximum atomic E-state index is 6.06. The molecule has 2 rings (SSSR count). The van der Waals surface area contributed by atoms with Crippen LogP contribution in [0.2, 0.25) is 5.15 Å². The van der Waals surface area contributed by atoms with Gasteiger partial charge in [0.1, 0.15) is 16.5 Å². The first-order chi connectivity index (χ1) is 8.20. The van der Waals surface area contributed by atoms with Crippen LogP contribution in [0.25, 0.3) is 0 Å². The Balaban J connectivity index is 2.29. The third-order valence-corrected chi connectivity index (χ3v) is 3.82. The predicted octanol–water partition coefficient (Wildman–Crippen LogP) is 4.15. The first kappa shape index (κ1) is 12.4. The van der Waals surface area contributed by atoms with Crippen molar-refractivity contribution in [1.82, 2.24) is 9.97 Å². The minimum Gasteiger partial charge on any atom is -0.229 e. The van der Waals surface area contributed by atoms with E-state index >= 15 is 0 Å². The van der Waals surface area contributed by atoms with E-state index in [1.165, 1.54) is 16.8 Å². The molecule has 0 saturated heterocycles. The summed E-state index contributed by atoms with van der Waals surface area (Å²) in [6.07, 6.45) is 2.35. The average Bonchev–Trinajstić information content (AvgIpc) is 2.32. The monoisotopic (exact) mass is 264 g/mol. The summed E-state index contributed by atoms with van der Waals surface area (Å²) in [5.74, 6) is 0. The highest BCUT2D eigenvalue weighted by molar-refractivity contribution is 7.99. The third kappa shape index (κ3) is 2.99. The maximum Gasteiger partial charge on any atom is 0.136 e. The molecule has 0 unspecified atom stereocenters. The maximum absolute atomic E-state index is 6.06. The lowest BCUT2D eigenvalue weighted by molar-refractivity contribution is 0.944. The molecule has 17 heavy (non-hydrogen) atoms. The van der Waals surface area contributed by atoms with Crippen molar-refractivity contribution < 1.29 is 0 Å². The number of nitrogens with zero attached hydrogens (tertiary/aromatic N) is 2. The normalized spacial score (nSPS) is 10.5. The van der Waals surface area contributed by atoms with Crippen molar-refractivity contribution in [2.75, 3.05) is 0 Å². The van der Waals surface area contributed by atoms with E-state index in [2.05, 4.69) is 48.1 Å². The van der Waals surface area contributed by atoms with E-state index in [4.69, 9.17) is 11.6 Å². The summed E-state index contributed by atoms with van der Waals surface area (Å²) in [6, 6.07) is 8.37. The van der Waals surface area contributed by atoms with Crippen LogP contribution >= 0.6 is 23.4 Å². The van der Waals surface area contributed by atoms with Gasteiger partial charge in [0.2, 0.25) is 0 Å². The van der Waals surface area contributed by atoms with Crippen LogP contribution in [-0.2, 0) is 6.42 Å². The molecule has 2 nitrogen and oxygen atoms in total. The summed E-state index contributed by atoms with van der Waals surface area (Å²) in [5, 5.41) is 1.49. The lowest BCUT2D eigenvalue weighted by Crippen LogP contribution is -1.93. The number of halogens is 1. The van der Waals surface area contributed by atoms with Gasteiger partial charge in [0.25, 0.3) is 0 Å². The molecule has 0 atom stereocenters. The standard InChI is InChI=1S/C13H13ClN2S/c1-3-11-12(14)15-8-16-13(11)17-10-6-4-9(2)5-7-10/h4-8H,3H2,1-2H3. The predicted molar refractivity (Wildman–Crippen MR) is 71.7 cm³/mol. The molecule has 0 fully saturated rings. The molecule has 2 aromatic rings. The molecule has 0 spiro atoms. The van der Waals surface area contributed by atoms with Crippen molar-refractivity contribution in [3.05, 3.63) is 46.9 Å². The van der Waals surface area contributed by atoms with Crippen LogP contribution < -0.4 is 0 Å². The van der Waals surface area contributed by atoms with E-state index in [9.17, 15) is 0 Å². The molecule has 0 aliphatic carbocycles. The second kappa shape index (κ2) is 5.52. The number of benzene rings is 1. The summed E-state index contributed by atoms with van der Waals surface area (Å²) in [6.45, 7) is 4.14. The molecule has 4 heteroatoms. The molecule has 88 valence electrons. The van der Waals surface area contributed by atoms with Gasteiger partial charge in [-0.25, -0.2) is 9.97 Å². The zero-order chi connectivity index (χ0) is 12.3. The van der Waals surface area contributed by atoms with Gasteiger partial charge in [-0.15, -0.1) is 0 Å². The van der Waals surface area contributed by atoms with Crippen LogP contribution in [0.3, 0.4) is 0 Å². The highest BCUT2D eigenvalue weighted by atomic mass is 35.5. The Labute approximate surface area is 110 Å². The first-order valence-corrected chi connectivity index (χ1v) is 6.64. The lowest BCUT2D eigenvalue weighted by atomic mass is 10.2. The summed E-state index contributed by atoms with van der Waals surface area (Å²) in [7, 11) is 0. The van der Waals surface area contributed by atoms with Crippen LogP contribution in [0.1, 0.15) is 18.1 Å². The molecular weight excluding hydrogens is 252 g/mol. The van der Waals surface area contributed by atoms with Crippen molar-refractivity contribution in [1.29, 1.82) is 0 Å². The number of hydrogen-bond donors (Lipinski definition) is 0. The quantitative estimate of drug-likeness (QED) is 0.779. The zero-order valence-corrected chi connectivity index (χ0v) is 11.3. The Kier molecular flexibility index (Phi) is 4.02. The smallest absolute Gasteiger partial charge is 0.136 e. The fraction of sp³-hybridized carbons (Fsp3) is 0.231. The van der Waals surface area contributed by atoms with E-state index < -0.39 is 0 Å². The highest BCUT2D eigenvalue weighted by Crippen LogP contribution is 2.31. The Hall–Kier alpha value is -1.06. The Bertz CT molecular complexity index is 511. The van der Waals surface area contributed by atoms with Crippen LogP contribution in [0.15, 0.2) is 40.5 Å². The molecule has 0 bridgehead atoms. The summed E-state index contributed by atoms with van der Waals surface area (Å²) in [5.41, 5.74) is 2.27. The Morgan fingerprint density at radius 1 is 1.18 bits per heavy atom. The van der Waals surface area contributed by atoms with Gasteiger partial charge >= 0.3 is 0 Å². The van der Waals surface area contributed by atoms with Crippen molar-refractivity contribution >= 4 is 23.4 Å². The van der Waals surface area contributed by atoms with Crippen LogP contribution in [0.4, 0.5) is 0 Å². The van der Waals surface area contributed by atoms with Crippen molar-refractivity contribution in [3.8, 4) is 0 Å². The second-order valence-electron chi connectivity index (χ2n) is 3.72. The number of aromatic nitrogens is 2. The molecule has 0 saturated carbocycles. The highest BCUT2D eigenvalue weighted by Gasteiger charge is 2.09. The van der Waals surface area contributed by atoms with Gasteiger partial charge in [0.05, 0.1) is 0 Å². The molecule has 0 aliphatic heterocycles. The van der Waals surface area contributed by atoms with E-state index in [-0.39, 0.29) is 0 Å². The van der Waals surface area contributed by atoms with Gasteiger partial charge in [-0.3, -0.25) is 0 Å². The van der Waals surface area contributed by atoms with Crippen LogP contribution in [-0.4, -0.2) is 9.97 Å². The lowest BCUT2D eigenvalue weighted by Gasteiger charge is -2.07. The van der Waals surface area contributed by atoms with Crippen molar-refractivity contribution in [2.45, 2.75) is 30.2 Å². The van der Waals surface area contributed by atoms with Gasteiger partial charge in [0.15, 0.2) is 0 Å². The van der Waals surface area contributed by atoms with Gasteiger partial charge in [-0.05, 0) is 25.5 Å². The fourth-order valence-electron chi connectivity index (χ4n) is 1.48. The van der Waals surface area contributed by atoms with E-state index in [0.717, 1.165) is 17.0 Å². The van der Waals surface area contributed by atoms with E-state index in [0.29, 0.717) is 5.15 Å². The molecule has 0 amide bonds. The zero-order valence-electron chi connectivity index (χ0n) is 9.77.